The fourth-order valence-electron chi connectivity index (χ4n) is 6.12. The van der Waals surface area contributed by atoms with Crippen LogP contribution in [0, 0.1) is 0 Å². The Labute approximate surface area is 461 Å². The van der Waals surface area contributed by atoms with Crippen LogP contribution in [-0.2, 0) is 83.2 Å². The predicted octanol–water partition coefficient (Wildman–Crippen LogP) is -0.504. The second kappa shape index (κ2) is 22.6. The molecule has 0 unspecified atom stereocenters. The zero-order chi connectivity index (χ0) is 58.5. The molecule has 0 spiro atoms. The zero-order valence-electron chi connectivity index (χ0n) is 36.3. The molecule has 2 heterocycles. The minimum absolute atomic E-state index is 0. The van der Waals surface area contributed by atoms with E-state index in [1.165, 1.54) is 0 Å². The Morgan fingerprint density at radius 3 is 0.899 bits per heavy atom. The molecule has 0 aliphatic heterocycles. The molecule has 38 nitrogen and oxygen atoms in total. The molecule has 0 saturated carbocycles. The first-order valence-electron chi connectivity index (χ1n) is 18.6. The van der Waals surface area contributed by atoms with Crippen LogP contribution in [0.5, 0.6) is 57.5 Å². The van der Waals surface area contributed by atoms with Crippen molar-refractivity contribution in [3.63, 3.8) is 0 Å². The molecule has 428 valence electrons. The third kappa shape index (κ3) is 18.0. The van der Waals surface area contributed by atoms with E-state index < -0.39 is 209 Å². The summed E-state index contributed by atoms with van der Waals surface area (Å²) in [6, 6.07) is 4.58. The molecule has 0 atom stereocenters. The molecule has 47 heteroatoms. The molecule has 0 aliphatic carbocycles. The van der Waals surface area contributed by atoms with Gasteiger partial charge in [-0.05, 0) is 36.4 Å². The van der Waals surface area contributed by atoms with Crippen molar-refractivity contribution in [2.24, 2.45) is 0 Å². The van der Waals surface area contributed by atoms with E-state index in [2.05, 4.69) is 33.5 Å². The Kier molecular flexibility index (Phi) is 18.1. The number of fused-ring (bicyclic) bond motifs is 2. The predicted molar refractivity (Wildman–Crippen MR) is 251 cm³/mol. The summed E-state index contributed by atoms with van der Waals surface area (Å²) >= 11 is 0. The molecule has 8 N–H and O–H groups in total. The standard InChI is InChI=1S/C32H22O38S8.Na.H/c33-27-25-21(9-15(63-71(35,36)37)11-23(25)61-29(31(27)69-77(53,54)55)13-1-3-17(65-73(41,42)43)19(7-13)67-75(47,48)49)59-5-6-60-22-10-16(64-72(38,39)40)12-24-26(22)28(34)32(70-78(56,57)58)30(62-24)14-2-4-18(66-74(44,45)46)20(8-14)68-76(50,51)52;;/h1-4,7-12H,5-6H2,(H,35,36,37)(H,38,39,40)(H,41,42,43)(H,44,45,46)(H,47,48,49)(H,50,51,52)(H,53,54,55)(H,56,57,58);;. The van der Waals surface area contributed by atoms with Gasteiger partial charge in [-0.2, -0.15) is 67.3 Å². The van der Waals surface area contributed by atoms with Gasteiger partial charge >= 0.3 is 113 Å². The van der Waals surface area contributed by atoms with Gasteiger partial charge in [0.1, 0.15) is 46.7 Å². The topological polar surface area (TPSA) is 588 Å². The number of benzene rings is 4. The van der Waals surface area contributed by atoms with Crippen LogP contribution < -0.4 is 53.8 Å². The third-order valence-electron chi connectivity index (χ3n) is 8.35. The monoisotopic (exact) mass is 1290 g/mol. The van der Waals surface area contributed by atoms with Crippen molar-refractivity contribution in [2.45, 2.75) is 0 Å². The van der Waals surface area contributed by atoms with Gasteiger partial charge in [-0.3, -0.25) is 46.0 Å². The molecular formula is C32H23NaO38S8. The zero-order valence-corrected chi connectivity index (χ0v) is 42.8. The van der Waals surface area contributed by atoms with Crippen LogP contribution >= 0.6 is 0 Å². The maximum atomic E-state index is 14.1. The molecule has 6 rings (SSSR count). The van der Waals surface area contributed by atoms with Gasteiger partial charge in [0.2, 0.25) is 22.4 Å². The summed E-state index contributed by atoms with van der Waals surface area (Å²) in [6.45, 7) is -2.13. The Bertz CT molecular complexity index is 4240. The average molecular weight is 1300 g/mol. The normalized spacial score (nSPS) is 12.7. The Morgan fingerprint density at radius 1 is 0.342 bits per heavy atom. The van der Waals surface area contributed by atoms with Crippen molar-refractivity contribution in [1.82, 2.24) is 0 Å². The van der Waals surface area contributed by atoms with E-state index in [-0.39, 0.29) is 29.6 Å². The first-order chi connectivity index (χ1) is 35.4. The van der Waals surface area contributed by atoms with Crippen LogP contribution in [0.2, 0.25) is 0 Å². The van der Waals surface area contributed by atoms with E-state index >= 15 is 0 Å². The van der Waals surface area contributed by atoms with Gasteiger partial charge in [-0.25, -0.2) is 0 Å². The second-order valence-corrected chi connectivity index (χ2v) is 22.1. The van der Waals surface area contributed by atoms with E-state index in [1.807, 2.05) is 0 Å². The van der Waals surface area contributed by atoms with Gasteiger partial charge in [0.15, 0.2) is 46.0 Å². The summed E-state index contributed by atoms with van der Waals surface area (Å²) in [4.78, 5) is 28.2. The van der Waals surface area contributed by atoms with Gasteiger partial charge < -0.3 is 51.8 Å². The fraction of sp³-hybridized carbons (Fsp3) is 0.0625. The van der Waals surface area contributed by atoms with Crippen LogP contribution in [0.4, 0.5) is 0 Å². The quantitative estimate of drug-likeness (QED) is 0.0228. The number of hydrogen-bond donors (Lipinski definition) is 8. The number of rotatable bonds is 23. The Balaban J connectivity index is 0.0000115. The summed E-state index contributed by atoms with van der Waals surface area (Å²) in [5.41, 5.74) is -7.18. The van der Waals surface area contributed by atoms with Crippen molar-refractivity contribution < 1.29 is 156 Å². The van der Waals surface area contributed by atoms with Crippen molar-refractivity contribution in [1.29, 1.82) is 0 Å². The van der Waals surface area contributed by atoms with Crippen LogP contribution in [-0.4, -0.2) is 147 Å². The molecule has 0 aliphatic rings. The molecule has 0 radical (unpaired) electrons. The second-order valence-electron chi connectivity index (χ2n) is 13.9. The summed E-state index contributed by atoms with van der Waals surface area (Å²) in [7, 11) is -45.0. The first kappa shape index (κ1) is 63.4. The molecule has 2 aromatic heterocycles. The summed E-state index contributed by atoms with van der Waals surface area (Å²) in [5.74, 6) is -15.0. The van der Waals surface area contributed by atoms with Crippen LogP contribution in [0.1, 0.15) is 0 Å². The van der Waals surface area contributed by atoms with E-state index in [0.29, 0.717) is 60.7 Å². The van der Waals surface area contributed by atoms with Gasteiger partial charge in [-0.15, -0.1) is 0 Å². The molecule has 0 fully saturated rings. The molecular weight excluding hydrogens is 1270 g/mol. The van der Waals surface area contributed by atoms with Crippen molar-refractivity contribution in [3.8, 4) is 80.1 Å². The van der Waals surface area contributed by atoms with Crippen molar-refractivity contribution >= 4 is 135 Å². The van der Waals surface area contributed by atoms with E-state index in [1.54, 1.807) is 0 Å². The van der Waals surface area contributed by atoms with Gasteiger partial charge in [0, 0.05) is 35.4 Å². The van der Waals surface area contributed by atoms with E-state index in [9.17, 15) is 104 Å². The number of hydrogen-bond acceptors (Lipinski definition) is 30. The maximum absolute atomic E-state index is 14.1. The van der Waals surface area contributed by atoms with Gasteiger partial charge in [-0.1, -0.05) is 0 Å². The van der Waals surface area contributed by atoms with Gasteiger partial charge in [0.05, 0.1) is 0 Å². The summed E-state index contributed by atoms with van der Waals surface area (Å²) < 4.78 is 318. The SMILES string of the molecule is O=c1c(OS(=O)(=O)O)c(-c2ccc(OS(=O)(=O)O)c(OS(=O)(=O)O)c2)oc2cc(OS(=O)(=O)O)cc(OCCOc3cc(OS(=O)(=O)O)cc4oc(-c5ccc(OS(=O)(=O)O)c(OS(=O)(=O)O)c5)c(OS(=O)(=O)O)c(=O)c34)c12.[NaH]. The van der Waals surface area contributed by atoms with E-state index in [0.717, 1.165) is 0 Å². The minimum atomic E-state index is -5.84. The molecule has 0 bridgehead atoms. The van der Waals surface area contributed by atoms with Crippen LogP contribution in [0.25, 0.3) is 44.6 Å². The summed E-state index contributed by atoms with van der Waals surface area (Å²) in [5, 5.41) is -2.09. The Morgan fingerprint density at radius 2 is 0.620 bits per heavy atom. The first-order valence-corrected chi connectivity index (χ1v) is 29.5. The molecule has 79 heavy (non-hydrogen) atoms. The van der Waals surface area contributed by atoms with Gasteiger partial charge in [0.25, 0.3) is 0 Å². The van der Waals surface area contributed by atoms with E-state index in [4.69, 9.17) is 27.4 Å². The van der Waals surface area contributed by atoms with Crippen molar-refractivity contribution in [3.05, 3.63) is 81.1 Å². The van der Waals surface area contributed by atoms with Crippen LogP contribution in [0.15, 0.2) is 79.1 Å². The average Bonchev–Trinajstić information content (AvgIpc) is 3.21. The molecule has 0 amide bonds. The number of ether oxygens (including phenoxy) is 2. The fourth-order valence-corrected chi connectivity index (χ4v) is 8.97. The molecule has 6 aromatic rings. The Hall–Kier alpha value is -6.42. The van der Waals surface area contributed by atoms with Crippen LogP contribution in [0.3, 0.4) is 0 Å². The van der Waals surface area contributed by atoms with Crippen molar-refractivity contribution in [2.75, 3.05) is 13.2 Å². The summed E-state index contributed by atoms with van der Waals surface area (Å²) in [6.07, 6.45) is 0. The molecule has 0 saturated heterocycles. The third-order valence-corrected chi connectivity index (χ3v) is 11.5. The molecule has 4 aromatic carbocycles.